The number of carbonyl (C=O) groups excluding carboxylic acids is 2. The summed E-state index contributed by atoms with van der Waals surface area (Å²) in [5.74, 6) is -1.96. The van der Waals surface area contributed by atoms with E-state index < -0.39 is 33.2 Å². The Balaban J connectivity index is 4.39. The summed E-state index contributed by atoms with van der Waals surface area (Å²) in [7, 11) is -4.83. The van der Waals surface area contributed by atoms with E-state index in [1.807, 2.05) is 0 Å². The Morgan fingerprint density at radius 1 is 0.759 bits per heavy atom. The second-order valence-corrected chi connectivity index (χ2v) is 9.63. The fraction of sp³-hybridized carbons (Fsp3) is 0.905. The lowest BCUT2D eigenvalue weighted by atomic mass is 10.1. The van der Waals surface area contributed by atoms with E-state index in [2.05, 4.69) is 13.8 Å². The Kier molecular flexibility index (Phi) is 15.0. The second-order valence-electron chi connectivity index (χ2n) is 7.77. The number of hydrogen-bond donors (Lipinski definition) is 1. The molecule has 0 heterocycles. The maximum atomic E-state index is 12.3. The molecule has 0 aliphatic carbocycles. The standard InChI is InChI=1S/C21H40O7S/c1-4-6-8-10-12-14-16-27-19(22)18-21(3,29(24,25)26)20(23)28-17-15-13-11-9-7-5-2/h4-18H2,1-3H3,(H,24,25,26). The van der Waals surface area contributed by atoms with Gasteiger partial charge >= 0.3 is 11.9 Å². The Morgan fingerprint density at radius 3 is 1.62 bits per heavy atom. The molecule has 0 fully saturated rings. The fourth-order valence-corrected chi connectivity index (χ4v) is 3.43. The lowest BCUT2D eigenvalue weighted by molar-refractivity contribution is -0.153. The molecule has 8 heteroatoms. The fourth-order valence-electron chi connectivity index (χ4n) is 2.86. The van der Waals surface area contributed by atoms with Crippen molar-refractivity contribution >= 4 is 22.1 Å². The van der Waals surface area contributed by atoms with Gasteiger partial charge in [0, 0.05) is 0 Å². The molecule has 1 N–H and O–H groups in total. The summed E-state index contributed by atoms with van der Waals surface area (Å²) in [6.07, 6.45) is 11.2. The van der Waals surface area contributed by atoms with E-state index in [0.29, 0.717) is 12.8 Å². The van der Waals surface area contributed by atoms with E-state index in [0.717, 1.165) is 64.7 Å². The van der Waals surface area contributed by atoms with Gasteiger partial charge in [0.25, 0.3) is 10.1 Å². The molecule has 29 heavy (non-hydrogen) atoms. The van der Waals surface area contributed by atoms with Crippen LogP contribution in [0.4, 0.5) is 0 Å². The average molecular weight is 437 g/mol. The van der Waals surface area contributed by atoms with Crippen molar-refractivity contribution in [3.8, 4) is 0 Å². The van der Waals surface area contributed by atoms with Gasteiger partial charge in [0.1, 0.15) is 0 Å². The van der Waals surface area contributed by atoms with Gasteiger partial charge < -0.3 is 9.47 Å². The van der Waals surface area contributed by atoms with Crippen LogP contribution in [0.15, 0.2) is 0 Å². The van der Waals surface area contributed by atoms with Crippen molar-refractivity contribution in [2.45, 2.75) is 109 Å². The third-order valence-corrected chi connectivity index (χ3v) is 6.42. The van der Waals surface area contributed by atoms with Gasteiger partial charge in [-0.15, -0.1) is 0 Å². The first kappa shape index (κ1) is 27.8. The van der Waals surface area contributed by atoms with Gasteiger partial charge in [-0.1, -0.05) is 78.1 Å². The van der Waals surface area contributed by atoms with Crippen LogP contribution in [-0.4, -0.2) is 42.9 Å². The molecular formula is C21H40O7S. The number of ether oxygens (including phenoxy) is 2. The highest BCUT2D eigenvalue weighted by molar-refractivity contribution is 7.88. The number of rotatable bonds is 18. The topological polar surface area (TPSA) is 107 Å². The summed E-state index contributed by atoms with van der Waals surface area (Å²) in [5.41, 5.74) is 0. The predicted molar refractivity (Wildman–Crippen MR) is 113 cm³/mol. The minimum absolute atomic E-state index is 0.0584. The van der Waals surface area contributed by atoms with Crippen LogP contribution in [0, 0.1) is 0 Å². The van der Waals surface area contributed by atoms with Crippen LogP contribution in [0.3, 0.4) is 0 Å². The minimum atomic E-state index is -4.83. The average Bonchev–Trinajstić information content (AvgIpc) is 2.65. The molecule has 7 nitrogen and oxygen atoms in total. The molecule has 0 aliphatic heterocycles. The van der Waals surface area contributed by atoms with Gasteiger partial charge in [0.15, 0.2) is 0 Å². The van der Waals surface area contributed by atoms with Crippen LogP contribution >= 0.6 is 0 Å². The van der Waals surface area contributed by atoms with E-state index in [4.69, 9.17) is 9.47 Å². The van der Waals surface area contributed by atoms with Crippen LogP contribution < -0.4 is 0 Å². The summed E-state index contributed by atoms with van der Waals surface area (Å²) >= 11 is 0. The van der Waals surface area contributed by atoms with Gasteiger partial charge in [-0.2, -0.15) is 8.42 Å². The number of carbonyl (C=O) groups is 2. The van der Waals surface area contributed by atoms with Gasteiger partial charge in [-0.05, 0) is 19.8 Å². The lowest BCUT2D eigenvalue weighted by Gasteiger charge is -2.23. The molecule has 0 aromatic rings. The van der Waals surface area contributed by atoms with Crippen LogP contribution in [-0.2, 0) is 29.2 Å². The van der Waals surface area contributed by atoms with Crippen molar-refractivity contribution in [1.29, 1.82) is 0 Å². The Morgan fingerprint density at radius 2 is 1.17 bits per heavy atom. The highest BCUT2D eigenvalue weighted by atomic mass is 32.2. The molecule has 0 rings (SSSR count). The number of esters is 2. The molecule has 0 amide bonds. The third kappa shape index (κ3) is 12.2. The van der Waals surface area contributed by atoms with E-state index in [1.54, 1.807) is 0 Å². The molecule has 0 radical (unpaired) electrons. The molecule has 0 aliphatic rings. The van der Waals surface area contributed by atoms with Crippen LogP contribution in [0.25, 0.3) is 0 Å². The van der Waals surface area contributed by atoms with Gasteiger partial charge in [-0.25, -0.2) is 0 Å². The van der Waals surface area contributed by atoms with E-state index in [1.165, 1.54) is 6.42 Å². The highest BCUT2D eigenvalue weighted by Crippen LogP contribution is 2.24. The largest absolute Gasteiger partial charge is 0.466 e. The molecule has 0 spiro atoms. The summed E-state index contributed by atoms with van der Waals surface area (Å²) in [4.78, 5) is 24.3. The Bertz CT molecular complexity index is 559. The van der Waals surface area contributed by atoms with Crippen LogP contribution in [0.5, 0.6) is 0 Å². The van der Waals surface area contributed by atoms with Crippen molar-refractivity contribution in [1.82, 2.24) is 0 Å². The number of hydrogen-bond acceptors (Lipinski definition) is 6. The van der Waals surface area contributed by atoms with Crippen LogP contribution in [0.1, 0.15) is 104 Å². The lowest BCUT2D eigenvalue weighted by Crippen LogP contribution is -2.46. The van der Waals surface area contributed by atoms with Crippen molar-refractivity contribution in [2.24, 2.45) is 0 Å². The normalized spacial score (nSPS) is 13.7. The third-order valence-electron chi connectivity index (χ3n) is 4.97. The molecule has 0 bridgehead atoms. The summed E-state index contributed by atoms with van der Waals surface area (Å²) in [5, 5.41) is 0. The molecule has 1 unspecified atom stereocenters. The smallest absolute Gasteiger partial charge is 0.330 e. The van der Waals surface area contributed by atoms with Gasteiger partial charge in [0.2, 0.25) is 4.75 Å². The minimum Gasteiger partial charge on any atom is -0.466 e. The molecule has 0 saturated heterocycles. The predicted octanol–water partition coefficient (Wildman–Crippen LogP) is 4.83. The van der Waals surface area contributed by atoms with E-state index >= 15 is 0 Å². The quantitative estimate of drug-likeness (QED) is 0.186. The first-order chi connectivity index (χ1) is 13.7. The van der Waals surface area contributed by atoms with Crippen molar-refractivity contribution in [3.63, 3.8) is 0 Å². The zero-order chi connectivity index (χ0) is 22.2. The SMILES string of the molecule is CCCCCCCCOC(=O)CC(C)(C(=O)OCCCCCCCC)S(=O)(=O)O. The summed E-state index contributed by atoms with van der Waals surface area (Å²) < 4.78 is 40.8. The zero-order valence-electron chi connectivity index (χ0n) is 18.4. The highest BCUT2D eigenvalue weighted by Gasteiger charge is 2.49. The molecule has 172 valence electrons. The molecule has 0 saturated carbocycles. The molecular weight excluding hydrogens is 396 g/mol. The van der Waals surface area contributed by atoms with Gasteiger partial charge in [-0.3, -0.25) is 14.1 Å². The van der Waals surface area contributed by atoms with E-state index in [9.17, 15) is 22.6 Å². The Hall–Kier alpha value is -1.15. The summed E-state index contributed by atoms with van der Waals surface area (Å²) in [6.45, 7) is 5.48. The first-order valence-corrected chi connectivity index (χ1v) is 12.4. The maximum absolute atomic E-state index is 12.3. The summed E-state index contributed by atoms with van der Waals surface area (Å²) in [6, 6.07) is 0. The number of unbranched alkanes of at least 4 members (excludes halogenated alkanes) is 10. The maximum Gasteiger partial charge on any atom is 0.330 e. The molecule has 1 atom stereocenters. The van der Waals surface area contributed by atoms with Gasteiger partial charge in [0.05, 0.1) is 19.6 Å². The Labute approximate surface area is 176 Å². The molecule has 0 aromatic heterocycles. The van der Waals surface area contributed by atoms with Crippen molar-refractivity contribution in [2.75, 3.05) is 13.2 Å². The molecule has 0 aromatic carbocycles. The second kappa shape index (κ2) is 15.7. The first-order valence-electron chi connectivity index (χ1n) is 11.0. The van der Waals surface area contributed by atoms with Crippen LogP contribution in [0.2, 0.25) is 0 Å². The zero-order valence-corrected chi connectivity index (χ0v) is 19.2. The van der Waals surface area contributed by atoms with E-state index in [-0.39, 0.29) is 13.2 Å². The van der Waals surface area contributed by atoms with Crippen molar-refractivity contribution < 1.29 is 32.0 Å². The van der Waals surface area contributed by atoms with Crippen molar-refractivity contribution in [3.05, 3.63) is 0 Å². The monoisotopic (exact) mass is 436 g/mol.